The third-order valence-corrected chi connectivity index (χ3v) is 8.60. The van der Waals surface area contributed by atoms with Gasteiger partial charge in [-0.2, -0.15) is 0 Å². The maximum atomic E-state index is 10.2. The van der Waals surface area contributed by atoms with Gasteiger partial charge in [0.1, 0.15) is 5.75 Å². The number of hydrogen-bond donors (Lipinski definition) is 1. The molecule has 184 valence electrons. The second-order valence-electron chi connectivity index (χ2n) is 12.5. The molecule has 2 aliphatic carbocycles. The maximum absolute atomic E-state index is 10.2. The molecule has 0 amide bonds. The topological polar surface area (TPSA) is 29.5 Å². The standard InChI is InChI=1S/C34H33BO2/c1-20-15-26-27-16-21-19-33(5,6)29(21)18-31(27)34(22-7-11-24(36)12-8-22,23-9-13-25(37-35)14-10-23)30(26)17-28(20)32(2,3)4/h7-18,36H,19H2,1-6H3. The van der Waals surface area contributed by atoms with Crippen LogP contribution in [0.1, 0.15) is 79.1 Å². The van der Waals surface area contributed by atoms with Crippen molar-refractivity contribution in [2.75, 3.05) is 0 Å². The predicted octanol–water partition coefficient (Wildman–Crippen LogP) is 7.66. The van der Waals surface area contributed by atoms with E-state index in [0.717, 1.165) is 17.5 Å². The highest BCUT2D eigenvalue weighted by Gasteiger charge is 2.49. The van der Waals surface area contributed by atoms with Gasteiger partial charge in [0, 0.05) is 0 Å². The van der Waals surface area contributed by atoms with Gasteiger partial charge in [0.05, 0.1) is 11.2 Å². The number of aryl methyl sites for hydroxylation is 1. The molecule has 0 saturated carbocycles. The molecule has 37 heavy (non-hydrogen) atoms. The monoisotopic (exact) mass is 484 g/mol. The Balaban J connectivity index is 1.78. The van der Waals surface area contributed by atoms with Crippen molar-refractivity contribution in [3.8, 4) is 22.6 Å². The molecule has 0 bridgehead atoms. The molecule has 4 aromatic rings. The molecule has 0 fully saturated rings. The molecule has 1 atom stereocenters. The Labute approximate surface area is 221 Å². The van der Waals surface area contributed by atoms with Crippen LogP contribution in [0.4, 0.5) is 0 Å². The summed E-state index contributed by atoms with van der Waals surface area (Å²) in [4.78, 5) is 0. The van der Waals surface area contributed by atoms with Crippen molar-refractivity contribution in [3.05, 3.63) is 117 Å². The largest absolute Gasteiger partial charge is 0.568 e. The lowest BCUT2D eigenvalue weighted by atomic mass is 9.62. The zero-order valence-electron chi connectivity index (χ0n) is 22.6. The molecule has 4 aromatic carbocycles. The first-order valence-corrected chi connectivity index (χ1v) is 13.1. The number of rotatable bonds is 3. The molecule has 2 radical (unpaired) electrons. The van der Waals surface area contributed by atoms with Crippen LogP contribution in [0.25, 0.3) is 11.1 Å². The van der Waals surface area contributed by atoms with Crippen LogP contribution in [0.15, 0.2) is 72.8 Å². The lowest BCUT2D eigenvalue weighted by molar-refractivity contribution is 0.454. The first-order chi connectivity index (χ1) is 17.5. The van der Waals surface area contributed by atoms with Gasteiger partial charge in [0.25, 0.3) is 0 Å². The molecule has 2 aliphatic rings. The van der Waals surface area contributed by atoms with E-state index in [1.807, 2.05) is 12.1 Å². The van der Waals surface area contributed by atoms with Gasteiger partial charge in [0.2, 0.25) is 0 Å². The van der Waals surface area contributed by atoms with Crippen LogP contribution in [-0.2, 0) is 22.7 Å². The maximum Gasteiger partial charge on any atom is 0.374 e. The minimum absolute atomic E-state index is 0.00189. The minimum Gasteiger partial charge on any atom is -0.568 e. The molecular weight excluding hydrogens is 451 g/mol. The van der Waals surface area contributed by atoms with Gasteiger partial charge in [-0.15, -0.1) is 0 Å². The van der Waals surface area contributed by atoms with Crippen molar-refractivity contribution in [1.82, 2.24) is 0 Å². The fraction of sp³-hybridized carbons (Fsp3) is 0.294. The van der Waals surface area contributed by atoms with E-state index in [4.69, 9.17) is 12.7 Å². The van der Waals surface area contributed by atoms with E-state index in [9.17, 15) is 5.11 Å². The average molecular weight is 484 g/mol. The zero-order chi connectivity index (χ0) is 26.3. The van der Waals surface area contributed by atoms with Crippen molar-refractivity contribution >= 4 is 8.05 Å². The summed E-state index contributed by atoms with van der Waals surface area (Å²) in [6, 6.07) is 25.6. The van der Waals surface area contributed by atoms with Gasteiger partial charge in [-0.05, 0) is 104 Å². The van der Waals surface area contributed by atoms with E-state index in [-0.39, 0.29) is 16.6 Å². The predicted molar refractivity (Wildman–Crippen MR) is 152 cm³/mol. The molecule has 0 aromatic heterocycles. The molecule has 3 heteroatoms. The Morgan fingerprint density at radius 2 is 1.35 bits per heavy atom. The molecule has 6 rings (SSSR count). The molecule has 0 spiro atoms. The summed E-state index contributed by atoms with van der Waals surface area (Å²) >= 11 is 0. The van der Waals surface area contributed by atoms with Crippen molar-refractivity contribution in [3.63, 3.8) is 0 Å². The SMILES string of the molecule is [B]Oc1ccc(C2(c3ccc(O)cc3)c3cc(C(C)(C)C)c(C)cc3-c3cc4c(cc32)C(C)(C)C4)cc1. The first kappa shape index (κ1) is 23.9. The Bertz CT molecular complexity index is 1540. The third-order valence-electron chi connectivity index (χ3n) is 8.60. The summed E-state index contributed by atoms with van der Waals surface area (Å²) in [5.74, 6) is 0.891. The third kappa shape index (κ3) is 3.33. The fourth-order valence-corrected chi connectivity index (χ4v) is 6.90. The van der Waals surface area contributed by atoms with Crippen LogP contribution in [-0.4, -0.2) is 13.2 Å². The summed E-state index contributed by atoms with van der Waals surface area (Å²) < 4.78 is 5.04. The van der Waals surface area contributed by atoms with E-state index >= 15 is 0 Å². The fourth-order valence-electron chi connectivity index (χ4n) is 6.90. The lowest BCUT2D eigenvalue weighted by Gasteiger charge is -2.41. The Morgan fingerprint density at radius 1 is 0.784 bits per heavy atom. The molecular formula is C34H33BO2. The molecule has 0 heterocycles. The second-order valence-corrected chi connectivity index (χ2v) is 12.5. The minimum atomic E-state index is -0.542. The summed E-state index contributed by atoms with van der Waals surface area (Å²) in [6.45, 7) is 13.8. The van der Waals surface area contributed by atoms with Gasteiger partial charge >= 0.3 is 8.05 Å². The quantitative estimate of drug-likeness (QED) is 0.267. The number of phenolic OH excluding ortho intramolecular Hbond substituents is 1. The Morgan fingerprint density at radius 3 is 1.92 bits per heavy atom. The van der Waals surface area contributed by atoms with Crippen LogP contribution < -0.4 is 4.65 Å². The Hall–Kier alpha value is -3.46. The lowest BCUT2D eigenvalue weighted by Crippen LogP contribution is -2.34. The van der Waals surface area contributed by atoms with Crippen LogP contribution in [0.2, 0.25) is 0 Å². The number of hydrogen-bond acceptors (Lipinski definition) is 2. The number of fused-ring (bicyclic) bond motifs is 4. The van der Waals surface area contributed by atoms with E-state index < -0.39 is 5.41 Å². The van der Waals surface area contributed by atoms with Crippen molar-refractivity contribution in [2.24, 2.45) is 0 Å². The molecule has 0 saturated heterocycles. The Kier molecular flexibility index (Phi) is 5.02. The van der Waals surface area contributed by atoms with Gasteiger partial charge < -0.3 is 9.76 Å². The van der Waals surface area contributed by atoms with Crippen LogP contribution in [0.3, 0.4) is 0 Å². The number of phenols is 1. The normalized spacial score (nSPS) is 19.0. The van der Waals surface area contributed by atoms with Crippen molar-refractivity contribution in [2.45, 2.75) is 64.2 Å². The summed E-state index contributed by atoms with van der Waals surface area (Å²) in [7, 11) is 5.50. The molecule has 2 nitrogen and oxygen atoms in total. The zero-order valence-corrected chi connectivity index (χ0v) is 22.6. The van der Waals surface area contributed by atoms with E-state index in [0.29, 0.717) is 5.75 Å². The van der Waals surface area contributed by atoms with Crippen LogP contribution in [0.5, 0.6) is 11.5 Å². The van der Waals surface area contributed by atoms with Crippen LogP contribution in [0, 0.1) is 6.92 Å². The average Bonchev–Trinajstić information content (AvgIpc) is 3.12. The first-order valence-electron chi connectivity index (χ1n) is 13.1. The number of benzene rings is 4. The van der Waals surface area contributed by atoms with E-state index in [1.54, 1.807) is 12.1 Å². The summed E-state index contributed by atoms with van der Waals surface area (Å²) in [5.41, 5.74) is 12.6. The van der Waals surface area contributed by atoms with Gasteiger partial charge in [0.15, 0.2) is 0 Å². The number of aromatic hydroxyl groups is 1. The van der Waals surface area contributed by atoms with Gasteiger partial charge in [-0.3, -0.25) is 0 Å². The molecule has 1 unspecified atom stereocenters. The van der Waals surface area contributed by atoms with Gasteiger partial charge in [-0.25, -0.2) is 0 Å². The summed E-state index contributed by atoms with van der Waals surface area (Å²) in [5, 5.41) is 10.2. The smallest absolute Gasteiger partial charge is 0.374 e. The highest BCUT2D eigenvalue weighted by molar-refractivity contribution is 6.00. The van der Waals surface area contributed by atoms with Crippen molar-refractivity contribution in [1.29, 1.82) is 0 Å². The highest BCUT2D eigenvalue weighted by Crippen LogP contribution is 2.59. The second kappa shape index (κ2) is 7.77. The van der Waals surface area contributed by atoms with Crippen molar-refractivity contribution < 1.29 is 9.76 Å². The highest BCUT2D eigenvalue weighted by atomic mass is 16.4. The van der Waals surface area contributed by atoms with Crippen LogP contribution >= 0.6 is 0 Å². The molecule has 0 aliphatic heterocycles. The van der Waals surface area contributed by atoms with E-state index in [2.05, 4.69) is 90.1 Å². The van der Waals surface area contributed by atoms with E-state index in [1.165, 1.54) is 44.5 Å². The summed E-state index contributed by atoms with van der Waals surface area (Å²) in [6.07, 6.45) is 1.10. The van der Waals surface area contributed by atoms with Gasteiger partial charge in [-0.1, -0.05) is 83.1 Å². The molecule has 1 N–H and O–H groups in total.